The molecule has 0 heteroatoms. The molecule has 0 amide bonds. The summed E-state index contributed by atoms with van der Waals surface area (Å²) in [5.74, 6) is 65.6. The van der Waals surface area contributed by atoms with Crippen molar-refractivity contribution in [3.05, 3.63) is 0 Å². The van der Waals surface area contributed by atoms with Gasteiger partial charge in [-0.3, -0.25) is 0 Å². The largest absolute Gasteiger partial charge is 0.0925 e. The van der Waals surface area contributed by atoms with Crippen LogP contribution in [0.3, 0.4) is 0 Å². The van der Waals surface area contributed by atoms with Gasteiger partial charge in [0.25, 0.3) is 0 Å². The molecule has 0 aliphatic rings. The van der Waals surface area contributed by atoms with E-state index in [1.165, 1.54) is 0 Å². The predicted octanol–water partition coefficient (Wildman–Crippen LogP) is 1.07. The second-order valence-corrected chi connectivity index (χ2v) is 3.50. The molecule has 0 saturated heterocycles. The Labute approximate surface area is 168 Å². The first-order valence-electron chi connectivity index (χ1n) is 7.25. The Morgan fingerprint density at radius 1 is 0.179 bits per heavy atom. The minimum atomic E-state index is 1.70. The summed E-state index contributed by atoms with van der Waals surface area (Å²) in [6.07, 6.45) is 0. The Morgan fingerprint density at radius 2 is 0.286 bits per heavy atom. The number of hydrogen-bond donors (Lipinski definition) is 0. The average molecular weight is 342 g/mol. The molecule has 0 N–H and O–H groups in total. The molecule has 0 fully saturated rings. The maximum atomic E-state index is 2.63. The van der Waals surface area contributed by atoms with Gasteiger partial charge in [-0.15, -0.1) is 0 Å². The topological polar surface area (TPSA) is 0 Å². The monoisotopic (exact) mass is 342 g/mol. The van der Waals surface area contributed by atoms with Crippen LogP contribution < -0.4 is 0 Å². The van der Waals surface area contributed by atoms with Crippen LogP contribution in [0.1, 0.15) is 13.8 Å². The van der Waals surface area contributed by atoms with Crippen molar-refractivity contribution in [2.45, 2.75) is 13.8 Å². The normalized spacial score (nSPS) is 3.93. The van der Waals surface area contributed by atoms with E-state index >= 15 is 0 Å². The van der Waals surface area contributed by atoms with Gasteiger partial charge >= 0.3 is 0 Å². The fraction of sp³-hybridized carbons (Fsp3) is 0.0714. The van der Waals surface area contributed by atoms with Gasteiger partial charge in [-0.05, 0) is 109 Å². The quantitative estimate of drug-likeness (QED) is 0.578. The molecule has 0 bridgehead atoms. The van der Waals surface area contributed by atoms with Gasteiger partial charge in [0.05, 0.1) is 0 Å². The highest BCUT2D eigenvalue weighted by molar-refractivity contribution is 5.48. The van der Waals surface area contributed by atoms with E-state index in [0.29, 0.717) is 0 Å². The molecule has 0 aliphatic heterocycles. The highest BCUT2D eigenvalue weighted by atomic mass is 13.6. The van der Waals surface area contributed by atoms with Crippen LogP contribution in [0.15, 0.2) is 0 Å². The predicted molar refractivity (Wildman–Crippen MR) is 112 cm³/mol. The molecule has 0 aromatic heterocycles. The minimum Gasteiger partial charge on any atom is -0.0925 e. The summed E-state index contributed by atoms with van der Waals surface area (Å²) in [6.45, 7) is 3.39. The summed E-state index contributed by atoms with van der Waals surface area (Å²) in [7, 11) is 0. The third-order valence-electron chi connectivity index (χ3n) is 1.69. The van der Waals surface area contributed by atoms with Gasteiger partial charge in [-0.1, -0.05) is 11.8 Å². The molecular weight excluding hydrogens is 336 g/mol. The van der Waals surface area contributed by atoms with Crippen molar-refractivity contribution < 1.29 is 0 Å². The molecule has 0 atom stereocenters. The molecule has 0 nitrogen and oxygen atoms in total. The Kier molecular flexibility index (Phi) is 16.9. The molecule has 0 aliphatic carbocycles. The minimum absolute atomic E-state index is 1.70. The van der Waals surface area contributed by atoms with E-state index in [1.807, 2.05) is 0 Å². The van der Waals surface area contributed by atoms with Crippen molar-refractivity contribution in [3.8, 4) is 154 Å². The molecule has 0 rings (SSSR count). The second-order valence-electron chi connectivity index (χ2n) is 3.50. The third kappa shape index (κ3) is 20.3. The van der Waals surface area contributed by atoms with E-state index in [-0.39, 0.29) is 0 Å². The fourth-order valence-corrected chi connectivity index (χ4v) is 0.812. The lowest BCUT2D eigenvalue weighted by Gasteiger charge is -1.57. The zero-order valence-electron chi connectivity index (χ0n) is 15.0. The third-order valence-corrected chi connectivity index (χ3v) is 1.69. The molecule has 0 radical (unpaired) electrons. The van der Waals surface area contributed by atoms with Crippen molar-refractivity contribution >= 4 is 0 Å². The van der Waals surface area contributed by atoms with E-state index in [1.54, 1.807) is 13.8 Å². The maximum Gasteiger partial charge on any atom is 0 e. The molecule has 0 heterocycles. The molecule has 28 heavy (non-hydrogen) atoms. The van der Waals surface area contributed by atoms with E-state index in [4.69, 9.17) is 0 Å². The first-order chi connectivity index (χ1) is 13.9. The lowest BCUT2D eigenvalue weighted by atomic mass is 10.4. The van der Waals surface area contributed by atoms with Gasteiger partial charge in [0.1, 0.15) is 0 Å². The summed E-state index contributed by atoms with van der Waals surface area (Å²) >= 11 is 0. The standard InChI is InChI=1S/C28H6/c1-3-5-7-9-11-13-15-17-19-21-23-25-27-28-26-24-22-20-18-16-14-12-10-8-6-4-2/h1-2H3. The van der Waals surface area contributed by atoms with Gasteiger partial charge in [0.15, 0.2) is 0 Å². The van der Waals surface area contributed by atoms with E-state index in [9.17, 15) is 0 Å². The van der Waals surface area contributed by atoms with Gasteiger partial charge in [0.2, 0.25) is 0 Å². The Balaban J connectivity index is 4.44. The van der Waals surface area contributed by atoms with E-state index < -0.39 is 0 Å². The van der Waals surface area contributed by atoms with Gasteiger partial charge in [0, 0.05) is 47.4 Å². The van der Waals surface area contributed by atoms with Crippen LogP contribution >= 0.6 is 0 Å². The summed E-state index contributed by atoms with van der Waals surface area (Å²) in [5, 5.41) is 0. The summed E-state index contributed by atoms with van der Waals surface area (Å²) in [5.41, 5.74) is 0. The Bertz CT molecular complexity index is 1310. The van der Waals surface area contributed by atoms with Crippen LogP contribution in [-0.2, 0) is 0 Å². The van der Waals surface area contributed by atoms with E-state index in [2.05, 4.69) is 154 Å². The van der Waals surface area contributed by atoms with E-state index in [0.717, 1.165) is 0 Å². The highest BCUT2D eigenvalue weighted by Gasteiger charge is 1.59. The van der Waals surface area contributed by atoms with Crippen LogP contribution in [0.4, 0.5) is 0 Å². The number of rotatable bonds is 0. The van der Waals surface area contributed by atoms with Crippen molar-refractivity contribution in [3.63, 3.8) is 0 Å². The van der Waals surface area contributed by atoms with Crippen molar-refractivity contribution in [2.75, 3.05) is 0 Å². The smallest absolute Gasteiger partial charge is 0 e. The lowest BCUT2D eigenvalue weighted by molar-refractivity contribution is 1.92. The molecule has 0 spiro atoms. The molecular formula is C28H6. The maximum absolute atomic E-state index is 2.63. The van der Waals surface area contributed by atoms with Gasteiger partial charge < -0.3 is 0 Å². The molecule has 0 saturated carbocycles. The second kappa shape index (κ2) is 21.3. The van der Waals surface area contributed by atoms with Gasteiger partial charge in [-0.25, -0.2) is 0 Å². The molecule has 0 unspecified atom stereocenters. The Hall–Kier alpha value is -5.72. The van der Waals surface area contributed by atoms with Crippen LogP contribution in [0, 0.1) is 154 Å². The van der Waals surface area contributed by atoms with Gasteiger partial charge in [-0.2, -0.15) is 0 Å². The SMILES string of the molecule is CC#CC#CC#CC#CC#CC#CC#CC#CC#CC#CC#CC#CC#CC. The van der Waals surface area contributed by atoms with Crippen LogP contribution in [0.25, 0.3) is 0 Å². The summed E-state index contributed by atoms with van der Waals surface area (Å²) in [6, 6.07) is 0. The fourth-order valence-electron chi connectivity index (χ4n) is 0.812. The first kappa shape index (κ1) is 22.3. The van der Waals surface area contributed by atoms with Crippen molar-refractivity contribution in [1.29, 1.82) is 0 Å². The van der Waals surface area contributed by atoms with Crippen LogP contribution in [0.2, 0.25) is 0 Å². The molecule has 0 aromatic carbocycles. The van der Waals surface area contributed by atoms with Crippen LogP contribution in [0.5, 0.6) is 0 Å². The highest BCUT2D eigenvalue weighted by Crippen LogP contribution is 1.59. The zero-order valence-corrected chi connectivity index (χ0v) is 15.0. The van der Waals surface area contributed by atoms with Crippen molar-refractivity contribution in [2.24, 2.45) is 0 Å². The van der Waals surface area contributed by atoms with Crippen LogP contribution in [-0.4, -0.2) is 0 Å². The molecule has 0 aromatic rings. The zero-order chi connectivity index (χ0) is 20.4. The summed E-state index contributed by atoms with van der Waals surface area (Å²) < 4.78 is 0. The lowest BCUT2D eigenvalue weighted by Crippen LogP contribution is -1.57. The molecule has 118 valence electrons. The first-order valence-corrected chi connectivity index (χ1v) is 7.25. The Morgan fingerprint density at radius 3 is 0.393 bits per heavy atom. The summed E-state index contributed by atoms with van der Waals surface area (Å²) in [4.78, 5) is 0. The average Bonchev–Trinajstić information content (AvgIpc) is 2.71. The number of hydrogen-bond acceptors (Lipinski definition) is 0. The van der Waals surface area contributed by atoms with Crippen molar-refractivity contribution in [1.82, 2.24) is 0 Å².